The molecule has 3 atom stereocenters. The highest BCUT2D eigenvalue weighted by molar-refractivity contribution is 6.30. The minimum absolute atomic E-state index is 0.0628. The Morgan fingerprint density at radius 2 is 2.00 bits per heavy atom. The Balaban J connectivity index is 1.61. The molecule has 1 fully saturated rings. The molecule has 1 saturated carbocycles. The van der Waals surface area contributed by atoms with Gasteiger partial charge in [0.1, 0.15) is 5.60 Å². The first-order valence-corrected chi connectivity index (χ1v) is 8.55. The van der Waals surface area contributed by atoms with Crippen LogP contribution in [0.15, 0.2) is 54.6 Å². The lowest BCUT2D eigenvalue weighted by Crippen LogP contribution is -2.40. The van der Waals surface area contributed by atoms with Gasteiger partial charge in [-0.25, -0.2) is 0 Å². The summed E-state index contributed by atoms with van der Waals surface area (Å²) in [5.74, 6) is 0.494. The monoisotopic (exact) mass is 343 g/mol. The van der Waals surface area contributed by atoms with Gasteiger partial charge in [-0.2, -0.15) is 0 Å². The fourth-order valence-electron chi connectivity index (χ4n) is 3.05. The Morgan fingerprint density at radius 1 is 1.25 bits per heavy atom. The summed E-state index contributed by atoms with van der Waals surface area (Å²) in [7, 11) is 1.65. The van der Waals surface area contributed by atoms with E-state index in [9.17, 15) is 4.79 Å². The Hall–Kier alpha value is -1.84. The molecule has 0 bridgehead atoms. The van der Waals surface area contributed by atoms with Gasteiger partial charge in [0.25, 0.3) is 0 Å². The summed E-state index contributed by atoms with van der Waals surface area (Å²) in [5, 5.41) is 3.71. The SMILES string of the molecule is COC(C)(CNC(=O)[C@H]1C[C@@H]1c1ccccc1)c1cccc(Cl)c1. The number of hydrogen-bond donors (Lipinski definition) is 1. The number of rotatable bonds is 6. The molecule has 2 aromatic rings. The molecule has 1 unspecified atom stereocenters. The molecule has 24 heavy (non-hydrogen) atoms. The molecule has 3 nitrogen and oxygen atoms in total. The van der Waals surface area contributed by atoms with Crippen LogP contribution < -0.4 is 5.32 Å². The van der Waals surface area contributed by atoms with E-state index in [4.69, 9.17) is 16.3 Å². The molecule has 0 heterocycles. The summed E-state index contributed by atoms with van der Waals surface area (Å²) < 4.78 is 5.67. The normalized spacial score (nSPS) is 21.8. The van der Waals surface area contributed by atoms with E-state index in [0.717, 1.165) is 12.0 Å². The number of amides is 1. The van der Waals surface area contributed by atoms with Gasteiger partial charge in [0.15, 0.2) is 0 Å². The fraction of sp³-hybridized carbons (Fsp3) is 0.350. The van der Waals surface area contributed by atoms with E-state index in [1.54, 1.807) is 7.11 Å². The number of nitrogens with one attached hydrogen (secondary N) is 1. The Labute approximate surface area is 148 Å². The summed E-state index contributed by atoms with van der Waals surface area (Å²) in [5.41, 5.74) is 1.59. The smallest absolute Gasteiger partial charge is 0.223 e. The van der Waals surface area contributed by atoms with Crippen molar-refractivity contribution in [3.05, 3.63) is 70.7 Å². The van der Waals surface area contributed by atoms with E-state index in [1.807, 2.05) is 49.4 Å². The summed E-state index contributed by atoms with van der Waals surface area (Å²) in [4.78, 5) is 12.5. The van der Waals surface area contributed by atoms with E-state index in [-0.39, 0.29) is 11.8 Å². The highest BCUT2D eigenvalue weighted by atomic mass is 35.5. The molecule has 4 heteroatoms. The zero-order chi connectivity index (χ0) is 17.2. The van der Waals surface area contributed by atoms with Gasteiger partial charge in [-0.05, 0) is 42.5 Å². The molecule has 1 aliphatic carbocycles. The molecule has 1 amide bonds. The summed E-state index contributed by atoms with van der Waals surface area (Å²) in [6.07, 6.45) is 0.913. The number of carbonyl (C=O) groups excluding carboxylic acids is 1. The minimum Gasteiger partial charge on any atom is -0.372 e. The third-order valence-corrected chi connectivity index (χ3v) is 5.08. The molecule has 3 rings (SSSR count). The van der Waals surface area contributed by atoms with Crippen molar-refractivity contribution >= 4 is 17.5 Å². The summed E-state index contributed by atoms with van der Waals surface area (Å²) in [6.45, 7) is 2.38. The first-order chi connectivity index (χ1) is 11.5. The lowest BCUT2D eigenvalue weighted by Gasteiger charge is -2.29. The second-order valence-corrected chi connectivity index (χ2v) is 6.96. The Kier molecular flexibility index (Phi) is 4.93. The van der Waals surface area contributed by atoms with Crippen molar-refractivity contribution in [2.45, 2.75) is 24.9 Å². The number of hydrogen-bond acceptors (Lipinski definition) is 2. The van der Waals surface area contributed by atoms with Crippen LogP contribution in [-0.4, -0.2) is 19.6 Å². The lowest BCUT2D eigenvalue weighted by atomic mass is 9.95. The predicted octanol–water partition coefficient (Wildman–Crippen LogP) is 4.12. The van der Waals surface area contributed by atoms with E-state index >= 15 is 0 Å². The zero-order valence-electron chi connectivity index (χ0n) is 14.0. The molecule has 0 aromatic heterocycles. The first kappa shape index (κ1) is 17.0. The minimum atomic E-state index is -0.600. The largest absolute Gasteiger partial charge is 0.372 e. The average molecular weight is 344 g/mol. The zero-order valence-corrected chi connectivity index (χ0v) is 14.7. The van der Waals surface area contributed by atoms with Crippen LogP contribution in [0.4, 0.5) is 0 Å². The van der Waals surface area contributed by atoms with Crippen LogP contribution in [0.2, 0.25) is 5.02 Å². The van der Waals surface area contributed by atoms with Gasteiger partial charge in [0, 0.05) is 18.1 Å². The number of methoxy groups -OCH3 is 1. The van der Waals surface area contributed by atoms with E-state index < -0.39 is 5.60 Å². The molecule has 0 spiro atoms. The van der Waals surface area contributed by atoms with Crippen molar-refractivity contribution in [1.82, 2.24) is 5.32 Å². The van der Waals surface area contributed by atoms with Crippen molar-refractivity contribution < 1.29 is 9.53 Å². The van der Waals surface area contributed by atoms with Crippen LogP contribution >= 0.6 is 11.6 Å². The maximum absolute atomic E-state index is 12.5. The van der Waals surface area contributed by atoms with Crippen molar-refractivity contribution in [2.75, 3.05) is 13.7 Å². The molecule has 0 saturated heterocycles. The number of ether oxygens (including phenoxy) is 1. The fourth-order valence-corrected chi connectivity index (χ4v) is 3.24. The van der Waals surface area contributed by atoms with E-state index in [1.165, 1.54) is 5.56 Å². The quantitative estimate of drug-likeness (QED) is 0.856. The topological polar surface area (TPSA) is 38.3 Å². The van der Waals surface area contributed by atoms with Crippen LogP contribution in [0.25, 0.3) is 0 Å². The van der Waals surface area contributed by atoms with Crippen molar-refractivity contribution in [3.63, 3.8) is 0 Å². The molecule has 1 N–H and O–H groups in total. The van der Waals surface area contributed by atoms with Gasteiger partial charge in [0.05, 0.1) is 6.54 Å². The van der Waals surface area contributed by atoms with Crippen molar-refractivity contribution in [2.24, 2.45) is 5.92 Å². The van der Waals surface area contributed by atoms with Gasteiger partial charge >= 0.3 is 0 Å². The molecule has 2 aromatic carbocycles. The van der Waals surface area contributed by atoms with Crippen LogP contribution in [0, 0.1) is 5.92 Å². The highest BCUT2D eigenvalue weighted by Gasteiger charge is 2.44. The van der Waals surface area contributed by atoms with Gasteiger partial charge in [-0.1, -0.05) is 54.1 Å². The summed E-state index contributed by atoms with van der Waals surface area (Å²) >= 11 is 6.08. The maximum Gasteiger partial charge on any atom is 0.223 e. The standard InChI is InChI=1S/C20H22ClNO2/c1-20(24-2,15-9-6-10-16(21)11-15)13-22-19(23)18-12-17(18)14-7-4-3-5-8-14/h3-11,17-18H,12-13H2,1-2H3,(H,22,23)/t17-,18+,20?/m1/s1. The van der Waals surface area contributed by atoms with Crippen LogP contribution in [0.5, 0.6) is 0 Å². The molecule has 1 aliphatic rings. The van der Waals surface area contributed by atoms with Gasteiger partial charge in [-0.15, -0.1) is 0 Å². The van der Waals surface area contributed by atoms with Crippen LogP contribution in [0.3, 0.4) is 0 Å². The third kappa shape index (κ3) is 3.63. The van der Waals surface area contributed by atoms with Gasteiger partial charge in [-0.3, -0.25) is 4.79 Å². The third-order valence-electron chi connectivity index (χ3n) is 4.84. The number of halogens is 1. The van der Waals surface area contributed by atoms with Gasteiger partial charge < -0.3 is 10.1 Å². The number of benzene rings is 2. The Bertz CT molecular complexity index is 719. The summed E-state index contributed by atoms with van der Waals surface area (Å²) in [6, 6.07) is 17.8. The van der Waals surface area contributed by atoms with Crippen LogP contribution in [0.1, 0.15) is 30.4 Å². The lowest BCUT2D eigenvalue weighted by molar-refractivity contribution is -0.124. The highest BCUT2D eigenvalue weighted by Crippen LogP contribution is 2.47. The first-order valence-electron chi connectivity index (χ1n) is 8.17. The van der Waals surface area contributed by atoms with E-state index in [0.29, 0.717) is 17.5 Å². The van der Waals surface area contributed by atoms with Crippen LogP contribution in [-0.2, 0) is 15.1 Å². The molecular formula is C20H22ClNO2. The second kappa shape index (κ2) is 6.96. The average Bonchev–Trinajstić information content (AvgIpc) is 3.41. The van der Waals surface area contributed by atoms with Crippen molar-refractivity contribution in [3.8, 4) is 0 Å². The van der Waals surface area contributed by atoms with E-state index in [2.05, 4.69) is 17.4 Å². The molecule has 0 aliphatic heterocycles. The Morgan fingerprint density at radius 3 is 2.67 bits per heavy atom. The number of carbonyl (C=O) groups is 1. The molecule has 126 valence electrons. The van der Waals surface area contributed by atoms with Gasteiger partial charge in [0.2, 0.25) is 5.91 Å². The molecule has 0 radical (unpaired) electrons. The second-order valence-electron chi connectivity index (χ2n) is 6.52. The predicted molar refractivity (Wildman–Crippen MR) is 96.1 cm³/mol. The maximum atomic E-state index is 12.5. The molecular weight excluding hydrogens is 322 g/mol. The van der Waals surface area contributed by atoms with Crippen molar-refractivity contribution in [1.29, 1.82) is 0 Å².